The van der Waals surface area contributed by atoms with Crippen molar-refractivity contribution in [2.45, 2.75) is 45.3 Å². The molecule has 1 aliphatic rings. The van der Waals surface area contributed by atoms with Gasteiger partial charge in [0.25, 0.3) is 0 Å². The summed E-state index contributed by atoms with van der Waals surface area (Å²) < 4.78 is 17.7. The first-order valence-corrected chi connectivity index (χ1v) is 11.6. The minimum absolute atomic E-state index is 0.123. The average Bonchev–Trinajstić information content (AvgIpc) is 2.85. The number of fused-ring (bicyclic) bond motifs is 1. The van der Waals surface area contributed by atoms with E-state index < -0.39 is 0 Å². The molecule has 0 radical (unpaired) electrons. The summed E-state index contributed by atoms with van der Waals surface area (Å²) in [6.07, 6.45) is 4.49. The molecule has 4 rings (SSSR count). The van der Waals surface area contributed by atoms with Crippen LogP contribution in [-0.4, -0.2) is 20.3 Å². The van der Waals surface area contributed by atoms with Crippen molar-refractivity contribution in [3.05, 3.63) is 89.0 Å². The van der Waals surface area contributed by atoms with Gasteiger partial charge in [0.05, 0.1) is 19.8 Å². The van der Waals surface area contributed by atoms with Crippen LogP contribution in [0, 0.1) is 0 Å². The van der Waals surface area contributed by atoms with Crippen LogP contribution in [0.5, 0.6) is 17.2 Å². The molecule has 0 saturated carbocycles. The van der Waals surface area contributed by atoms with Crippen LogP contribution in [0.4, 0.5) is 0 Å². The van der Waals surface area contributed by atoms with E-state index in [2.05, 4.69) is 60.8 Å². The number of hydrogen-bond acceptors (Lipinski definition) is 4. The second-order valence-corrected chi connectivity index (χ2v) is 8.24. The van der Waals surface area contributed by atoms with E-state index in [9.17, 15) is 0 Å². The van der Waals surface area contributed by atoms with Crippen molar-refractivity contribution in [1.29, 1.82) is 0 Å². The molecule has 1 heterocycles. The zero-order valence-electron chi connectivity index (χ0n) is 19.1. The van der Waals surface area contributed by atoms with Gasteiger partial charge in [0.1, 0.15) is 12.4 Å². The van der Waals surface area contributed by atoms with E-state index in [1.165, 1.54) is 29.5 Å². The number of methoxy groups -OCH3 is 1. The Hall–Kier alpha value is -2.98. The minimum atomic E-state index is 0.123. The number of nitrogens with one attached hydrogen (secondary N) is 1. The van der Waals surface area contributed by atoms with Gasteiger partial charge in [-0.2, -0.15) is 0 Å². The fourth-order valence-electron chi connectivity index (χ4n) is 4.17. The Morgan fingerprint density at radius 3 is 2.47 bits per heavy atom. The van der Waals surface area contributed by atoms with Gasteiger partial charge < -0.3 is 19.5 Å². The summed E-state index contributed by atoms with van der Waals surface area (Å²) in [5, 5.41) is 3.67. The molecule has 0 saturated heterocycles. The van der Waals surface area contributed by atoms with Crippen LogP contribution in [0.3, 0.4) is 0 Å². The summed E-state index contributed by atoms with van der Waals surface area (Å²) in [7, 11) is 1.70. The van der Waals surface area contributed by atoms with Crippen molar-refractivity contribution in [2.75, 3.05) is 20.3 Å². The SMILES string of the molecule is CCCCCOc1ccc(C2NCCc3cc(OC)c(OCc4ccccc4)cc32)cc1. The van der Waals surface area contributed by atoms with Crippen molar-refractivity contribution >= 4 is 0 Å². The quantitative estimate of drug-likeness (QED) is 0.395. The molecular weight excluding hydrogens is 398 g/mol. The zero-order chi connectivity index (χ0) is 22.2. The summed E-state index contributed by atoms with van der Waals surface area (Å²) in [5.41, 5.74) is 4.91. The fraction of sp³-hybridized carbons (Fsp3) is 0.357. The lowest BCUT2D eigenvalue weighted by atomic mass is 9.89. The average molecular weight is 432 g/mol. The molecule has 1 unspecified atom stereocenters. The van der Waals surface area contributed by atoms with Crippen molar-refractivity contribution in [2.24, 2.45) is 0 Å². The summed E-state index contributed by atoms with van der Waals surface area (Å²) in [6.45, 7) is 4.43. The Balaban J connectivity index is 1.52. The van der Waals surface area contributed by atoms with Crippen LogP contribution in [-0.2, 0) is 13.0 Å². The molecule has 3 aromatic carbocycles. The molecule has 0 spiro atoms. The summed E-state index contributed by atoms with van der Waals surface area (Å²) in [5.74, 6) is 2.50. The van der Waals surface area contributed by atoms with Gasteiger partial charge in [-0.3, -0.25) is 0 Å². The summed E-state index contributed by atoms with van der Waals surface area (Å²) in [6, 6.07) is 23.1. The molecule has 1 N–H and O–H groups in total. The second-order valence-electron chi connectivity index (χ2n) is 8.24. The maximum absolute atomic E-state index is 6.17. The molecular formula is C28H33NO3. The molecule has 4 heteroatoms. The molecule has 0 aliphatic carbocycles. The minimum Gasteiger partial charge on any atom is -0.494 e. The Morgan fingerprint density at radius 1 is 0.906 bits per heavy atom. The van der Waals surface area contributed by atoms with E-state index in [0.717, 1.165) is 48.8 Å². The van der Waals surface area contributed by atoms with Gasteiger partial charge in [-0.1, -0.05) is 62.2 Å². The normalized spacial score (nSPS) is 15.1. The van der Waals surface area contributed by atoms with Crippen LogP contribution < -0.4 is 19.5 Å². The first-order valence-electron chi connectivity index (χ1n) is 11.6. The number of hydrogen-bond donors (Lipinski definition) is 1. The smallest absolute Gasteiger partial charge is 0.162 e. The molecule has 3 aromatic rings. The van der Waals surface area contributed by atoms with Crippen LogP contribution in [0.1, 0.15) is 54.5 Å². The monoisotopic (exact) mass is 431 g/mol. The van der Waals surface area contributed by atoms with Crippen LogP contribution in [0.15, 0.2) is 66.7 Å². The molecule has 0 bridgehead atoms. The molecule has 0 aromatic heterocycles. The zero-order valence-corrected chi connectivity index (χ0v) is 19.1. The third-order valence-electron chi connectivity index (χ3n) is 5.95. The third kappa shape index (κ3) is 5.43. The number of ether oxygens (including phenoxy) is 3. The van der Waals surface area contributed by atoms with Gasteiger partial charge in [-0.25, -0.2) is 0 Å². The Kier molecular flexibility index (Phi) is 7.68. The molecule has 32 heavy (non-hydrogen) atoms. The predicted octanol–water partition coefficient (Wildman–Crippen LogP) is 6.08. The van der Waals surface area contributed by atoms with Crippen molar-refractivity contribution in [3.63, 3.8) is 0 Å². The van der Waals surface area contributed by atoms with E-state index in [1.54, 1.807) is 7.11 Å². The summed E-state index contributed by atoms with van der Waals surface area (Å²) in [4.78, 5) is 0. The molecule has 1 atom stereocenters. The van der Waals surface area contributed by atoms with E-state index in [-0.39, 0.29) is 6.04 Å². The maximum Gasteiger partial charge on any atom is 0.162 e. The largest absolute Gasteiger partial charge is 0.494 e. The van der Waals surface area contributed by atoms with Gasteiger partial charge in [-0.05, 0) is 59.4 Å². The fourth-order valence-corrected chi connectivity index (χ4v) is 4.17. The first-order chi connectivity index (χ1) is 15.8. The molecule has 0 fully saturated rings. The standard InChI is InChI=1S/C28H33NO3/c1-3-4-8-17-31-24-13-11-22(12-14-24)28-25-19-27(32-20-21-9-6-5-7-10-21)26(30-2)18-23(25)15-16-29-28/h5-7,9-14,18-19,28-29H,3-4,8,15-17,20H2,1-2H3. The predicted molar refractivity (Wildman–Crippen MR) is 129 cm³/mol. The van der Waals surface area contributed by atoms with Crippen molar-refractivity contribution in [3.8, 4) is 17.2 Å². The number of benzene rings is 3. The molecule has 0 amide bonds. The highest BCUT2D eigenvalue weighted by Gasteiger charge is 2.24. The molecule has 1 aliphatic heterocycles. The summed E-state index contributed by atoms with van der Waals surface area (Å²) >= 11 is 0. The molecule has 4 nitrogen and oxygen atoms in total. The van der Waals surface area contributed by atoms with Crippen molar-refractivity contribution < 1.29 is 14.2 Å². The van der Waals surface area contributed by atoms with Gasteiger partial charge in [0.15, 0.2) is 11.5 Å². The molecule has 168 valence electrons. The Labute approximate surface area is 191 Å². The number of unbranched alkanes of at least 4 members (excludes halogenated alkanes) is 2. The van der Waals surface area contributed by atoms with Crippen LogP contribution in [0.2, 0.25) is 0 Å². The Bertz CT molecular complexity index is 986. The van der Waals surface area contributed by atoms with Crippen molar-refractivity contribution in [1.82, 2.24) is 5.32 Å². The van der Waals surface area contributed by atoms with E-state index in [1.807, 2.05) is 18.2 Å². The lowest BCUT2D eigenvalue weighted by Crippen LogP contribution is -2.30. The van der Waals surface area contributed by atoms with Crippen LogP contribution >= 0.6 is 0 Å². The highest BCUT2D eigenvalue weighted by molar-refractivity contribution is 5.52. The lowest BCUT2D eigenvalue weighted by Gasteiger charge is -2.29. The highest BCUT2D eigenvalue weighted by atomic mass is 16.5. The number of rotatable bonds is 10. The van der Waals surface area contributed by atoms with Gasteiger partial charge >= 0.3 is 0 Å². The van der Waals surface area contributed by atoms with E-state index >= 15 is 0 Å². The van der Waals surface area contributed by atoms with E-state index in [4.69, 9.17) is 14.2 Å². The first kappa shape index (κ1) is 22.2. The van der Waals surface area contributed by atoms with Gasteiger partial charge in [0, 0.05) is 6.54 Å². The highest BCUT2D eigenvalue weighted by Crippen LogP contribution is 2.38. The Morgan fingerprint density at radius 2 is 1.72 bits per heavy atom. The maximum atomic E-state index is 6.17. The third-order valence-corrected chi connectivity index (χ3v) is 5.95. The van der Waals surface area contributed by atoms with Crippen LogP contribution in [0.25, 0.3) is 0 Å². The lowest BCUT2D eigenvalue weighted by molar-refractivity contribution is 0.283. The van der Waals surface area contributed by atoms with E-state index in [0.29, 0.717) is 6.61 Å². The second kappa shape index (κ2) is 11.1. The topological polar surface area (TPSA) is 39.7 Å². The van der Waals surface area contributed by atoms with Gasteiger partial charge in [-0.15, -0.1) is 0 Å². The van der Waals surface area contributed by atoms with Gasteiger partial charge in [0.2, 0.25) is 0 Å².